The van der Waals surface area contributed by atoms with E-state index in [1.807, 2.05) is 19.3 Å². The molecular weight excluding hydrogens is 286 g/mol. The molecular formula is C15H21N3O2S. The summed E-state index contributed by atoms with van der Waals surface area (Å²) >= 11 is 0. The predicted octanol–water partition coefficient (Wildman–Crippen LogP) is 2.56. The second-order valence-corrected chi connectivity index (χ2v) is 7.54. The topological polar surface area (TPSA) is 64.0 Å². The van der Waals surface area contributed by atoms with Crippen LogP contribution in [0, 0.1) is 0 Å². The molecule has 0 unspecified atom stereocenters. The van der Waals surface area contributed by atoms with Gasteiger partial charge in [0.25, 0.3) is 0 Å². The number of rotatable bonds is 5. The summed E-state index contributed by atoms with van der Waals surface area (Å²) in [6.07, 6.45) is 3.20. The summed E-state index contributed by atoms with van der Waals surface area (Å²) in [7, 11) is -1.28. The molecule has 0 atom stereocenters. The standard InChI is InChI=1S/C15H21N3O2S/c1-11(2)15-12(10-18(3)17-15)9-16-13-6-5-7-14(8-13)21(4,19)20/h5-8,10-11,16H,9H2,1-4H3. The van der Waals surface area contributed by atoms with Crippen LogP contribution in [0.15, 0.2) is 35.4 Å². The molecule has 0 spiro atoms. The largest absolute Gasteiger partial charge is 0.381 e. The van der Waals surface area contributed by atoms with E-state index in [-0.39, 0.29) is 0 Å². The van der Waals surface area contributed by atoms with Gasteiger partial charge in [0.05, 0.1) is 10.6 Å². The molecule has 2 rings (SSSR count). The first-order valence-corrected chi connectivity index (χ1v) is 8.73. The van der Waals surface area contributed by atoms with Gasteiger partial charge in [0.1, 0.15) is 0 Å². The minimum atomic E-state index is -3.18. The van der Waals surface area contributed by atoms with Gasteiger partial charge >= 0.3 is 0 Å². The predicted molar refractivity (Wildman–Crippen MR) is 84.2 cm³/mol. The highest BCUT2D eigenvalue weighted by atomic mass is 32.2. The molecule has 0 aliphatic carbocycles. The summed E-state index contributed by atoms with van der Waals surface area (Å²) in [5, 5.41) is 7.72. The molecule has 0 radical (unpaired) electrons. The van der Waals surface area contributed by atoms with Crippen molar-refractivity contribution in [2.24, 2.45) is 7.05 Å². The van der Waals surface area contributed by atoms with Crippen molar-refractivity contribution in [3.05, 3.63) is 41.7 Å². The third kappa shape index (κ3) is 3.85. The summed E-state index contributed by atoms with van der Waals surface area (Å²) in [6.45, 7) is 4.83. The lowest BCUT2D eigenvalue weighted by Gasteiger charge is -2.09. The molecule has 0 aliphatic rings. The molecule has 0 aliphatic heterocycles. The van der Waals surface area contributed by atoms with Gasteiger partial charge in [-0.05, 0) is 24.1 Å². The first-order chi connectivity index (χ1) is 9.77. The highest BCUT2D eigenvalue weighted by Gasteiger charge is 2.12. The van der Waals surface area contributed by atoms with Crippen molar-refractivity contribution < 1.29 is 8.42 Å². The van der Waals surface area contributed by atoms with Gasteiger partial charge in [0, 0.05) is 37.3 Å². The van der Waals surface area contributed by atoms with Crippen molar-refractivity contribution in [1.29, 1.82) is 0 Å². The minimum absolute atomic E-state index is 0.322. The van der Waals surface area contributed by atoms with Crippen molar-refractivity contribution >= 4 is 15.5 Å². The first-order valence-electron chi connectivity index (χ1n) is 6.84. The van der Waals surface area contributed by atoms with Gasteiger partial charge in [0.2, 0.25) is 0 Å². The maximum Gasteiger partial charge on any atom is 0.175 e. The van der Waals surface area contributed by atoms with E-state index in [4.69, 9.17) is 0 Å². The molecule has 6 heteroatoms. The Morgan fingerprint density at radius 3 is 2.67 bits per heavy atom. The van der Waals surface area contributed by atoms with Crippen LogP contribution in [0.1, 0.15) is 31.0 Å². The number of hydrogen-bond donors (Lipinski definition) is 1. The molecule has 5 nitrogen and oxygen atoms in total. The van der Waals surface area contributed by atoms with Crippen molar-refractivity contribution in [3.8, 4) is 0 Å². The number of sulfone groups is 1. The van der Waals surface area contributed by atoms with Crippen LogP contribution in [-0.4, -0.2) is 24.5 Å². The van der Waals surface area contributed by atoms with E-state index >= 15 is 0 Å². The van der Waals surface area contributed by atoms with Gasteiger partial charge in [-0.2, -0.15) is 5.10 Å². The second kappa shape index (κ2) is 5.89. The van der Waals surface area contributed by atoms with Crippen LogP contribution >= 0.6 is 0 Å². The molecule has 2 aromatic rings. The molecule has 1 aromatic heterocycles. The van der Waals surface area contributed by atoms with Crippen molar-refractivity contribution in [2.75, 3.05) is 11.6 Å². The second-order valence-electron chi connectivity index (χ2n) is 5.52. The summed E-state index contributed by atoms with van der Waals surface area (Å²) in [6, 6.07) is 6.86. The fourth-order valence-electron chi connectivity index (χ4n) is 2.21. The van der Waals surface area contributed by atoms with Gasteiger partial charge in [-0.15, -0.1) is 0 Å². The van der Waals surface area contributed by atoms with Crippen LogP contribution < -0.4 is 5.32 Å². The Bertz CT molecular complexity index is 733. The molecule has 0 bridgehead atoms. The van der Waals surface area contributed by atoms with Crippen LogP contribution in [0.25, 0.3) is 0 Å². The number of nitrogens with zero attached hydrogens (tertiary/aromatic N) is 2. The molecule has 1 aromatic carbocycles. The number of aromatic nitrogens is 2. The van der Waals surface area contributed by atoms with Crippen LogP contribution in [0.3, 0.4) is 0 Å². The van der Waals surface area contributed by atoms with Gasteiger partial charge in [0.15, 0.2) is 9.84 Å². The van der Waals surface area contributed by atoms with Crippen LogP contribution in [-0.2, 0) is 23.4 Å². The Labute approximate surface area is 125 Å². The van der Waals surface area contributed by atoms with Crippen LogP contribution in [0.4, 0.5) is 5.69 Å². The molecule has 0 fully saturated rings. The molecule has 1 heterocycles. The van der Waals surface area contributed by atoms with Crippen LogP contribution in [0.2, 0.25) is 0 Å². The fourth-order valence-corrected chi connectivity index (χ4v) is 2.88. The monoisotopic (exact) mass is 307 g/mol. The zero-order valence-electron chi connectivity index (χ0n) is 12.8. The maximum absolute atomic E-state index is 11.6. The Hall–Kier alpha value is -1.82. The third-order valence-electron chi connectivity index (χ3n) is 3.23. The zero-order chi connectivity index (χ0) is 15.6. The molecule has 0 saturated carbocycles. The van der Waals surface area contributed by atoms with E-state index in [0.717, 1.165) is 16.9 Å². The number of benzene rings is 1. The summed E-state index contributed by atoms with van der Waals surface area (Å²) in [5.41, 5.74) is 2.97. The summed E-state index contributed by atoms with van der Waals surface area (Å²) in [5.74, 6) is 0.352. The summed E-state index contributed by atoms with van der Waals surface area (Å²) in [4.78, 5) is 0.322. The van der Waals surface area contributed by atoms with Crippen molar-refractivity contribution in [3.63, 3.8) is 0 Å². The summed E-state index contributed by atoms with van der Waals surface area (Å²) < 4.78 is 24.9. The smallest absolute Gasteiger partial charge is 0.175 e. The van der Waals surface area contributed by atoms with Gasteiger partial charge in [-0.1, -0.05) is 19.9 Å². The zero-order valence-corrected chi connectivity index (χ0v) is 13.6. The Morgan fingerprint density at radius 2 is 2.05 bits per heavy atom. The first kappa shape index (κ1) is 15.6. The number of anilines is 1. The van der Waals surface area contributed by atoms with E-state index in [1.165, 1.54) is 6.26 Å². The van der Waals surface area contributed by atoms with E-state index in [1.54, 1.807) is 22.9 Å². The normalized spacial score (nSPS) is 11.9. The lowest BCUT2D eigenvalue weighted by Crippen LogP contribution is -2.04. The Morgan fingerprint density at radius 1 is 1.33 bits per heavy atom. The van der Waals surface area contributed by atoms with Crippen molar-refractivity contribution in [2.45, 2.75) is 31.2 Å². The van der Waals surface area contributed by atoms with E-state index in [9.17, 15) is 8.42 Å². The highest BCUT2D eigenvalue weighted by molar-refractivity contribution is 7.90. The van der Waals surface area contributed by atoms with Gasteiger partial charge < -0.3 is 5.32 Å². The number of aryl methyl sites for hydroxylation is 1. The maximum atomic E-state index is 11.6. The van der Waals surface area contributed by atoms with E-state index in [2.05, 4.69) is 24.3 Å². The third-order valence-corrected chi connectivity index (χ3v) is 4.34. The van der Waals surface area contributed by atoms with E-state index in [0.29, 0.717) is 17.4 Å². The van der Waals surface area contributed by atoms with Gasteiger partial charge in [-0.25, -0.2) is 8.42 Å². The minimum Gasteiger partial charge on any atom is -0.381 e. The van der Waals surface area contributed by atoms with E-state index < -0.39 is 9.84 Å². The molecule has 114 valence electrons. The van der Waals surface area contributed by atoms with Gasteiger partial charge in [-0.3, -0.25) is 4.68 Å². The average molecular weight is 307 g/mol. The fraction of sp³-hybridized carbons (Fsp3) is 0.400. The van der Waals surface area contributed by atoms with Crippen molar-refractivity contribution in [1.82, 2.24) is 9.78 Å². The van der Waals surface area contributed by atoms with Crippen LogP contribution in [0.5, 0.6) is 0 Å². The quantitative estimate of drug-likeness (QED) is 0.922. The number of hydrogen-bond acceptors (Lipinski definition) is 4. The molecule has 0 saturated heterocycles. The molecule has 21 heavy (non-hydrogen) atoms. The lowest BCUT2D eigenvalue weighted by molar-refractivity contribution is 0.602. The highest BCUT2D eigenvalue weighted by Crippen LogP contribution is 2.20. The Balaban J connectivity index is 2.17. The Kier molecular flexibility index (Phi) is 4.37. The molecule has 1 N–H and O–H groups in total. The average Bonchev–Trinajstić information content (AvgIpc) is 2.77. The molecule has 0 amide bonds. The number of nitrogens with one attached hydrogen (secondary N) is 1. The SMILES string of the molecule is CC(C)c1nn(C)cc1CNc1cccc(S(C)(=O)=O)c1. The lowest BCUT2D eigenvalue weighted by atomic mass is 10.1.